The van der Waals surface area contributed by atoms with Crippen LogP contribution in [-0.2, 0) is 19.3 Å². The second-order valence-electron chi connectivity index (χ2n) is 6.83. The van der Waals surface area contributed by atoms with Crippen LogP contribution in [0.3, 0.4) is 0 Å². The van der Waals surface area contributed by atoms with E-state index in [4.69, 9.17) is 4.98 Å². The monoisotopic (exact) mass is 353 g/mol. The molecule has 0 radical (unpaired) electrons. The quantitative estimate of drug-likeness (QED) is 0.742. The lowest BCUT2D eigenvalue weighted by atomic mass is 10.0. The average Bonchev–Trinajstić information content (AvgIpc) is 3.15. The maximum Gasteiger partial charge on any atom is 0.251 e. The second kappa shape index (κ2) is 6.64. The Bertz CT molecular complexity index is 914. The number of H-pyrrole nitrogens is 1. The molecular formula is C20H23N3OS. The number of carbonyl (C=O) groups excluding carboxylic acids is 1. The van der Waals surface area contributed by atoms with Crippen molar-refractivity contribution < 1.29 is 4.79 Å². The van der Waals surface area contributed by atoms with E-state index in [1.54, 1.807) is 0 Å². The third-order valence-electron chi connectivity index (χ3n) is 5.08. The molecule has 0 saturated heterocycles. The fourth-order valence-electron chi connectivity index (χ4n) is 3.50. The molecule has 0 atom stereocenters. The largest absolute Gasteiger partial charge is 0.358 e. The molecule has 1 aliphatic rings. The lowest BCUT2D eigenvalue weighted by Gasteiger charge is -2.06. The number of aromatic nitrogens is 2. The standard InChI is InChI=1S/C20H23N3OS/c1-12-13(2)22-16-8-7-14(11-15(12)16)20(24)21-10-9-19-23-17-5-3-4-6-18(17)25-19/h7-8,11,22H,3-6,9-10H2,1-2H3,(H,21,24). The van der Waals surface area contributed by atoms with Gasteiger partial charge in [0.05, 0.1) is 10.7 Å². The maximum atomic E-state index is 12.5. The molecule has 0 fully saturated rings. The number of aromatic amines is 1. The first-order valence-corrected chi connectivity index (χ1v) is 9.78. The molecule has 2 N–H and O–H groups in total. The highest BCUT2D eigenvalue weighted by Crippen LogP contribution is 2.27. The number of benzene rings is 1. The molecule has 0 aliphatic heterocycles. The summed E-state index contributed by atoms with van der Waals surface area (Å²) >= 11 is 1.82. The summed E-state index contributed by atoms with van der Waals surface area (Å²) in [4.78, 5) is 22.0. The Labute approximate surface area is 151 Å². The van der Waals surface area contributed by atoms with Crippen molar-refractivity contribution in [1.29, 1.82) is 0 Å². The minimum absolute atomic E-state index is 0.0125. The molecule has 0 spiro atoms. The average molecular weight is 353 g/mol. The molecule has 25 heavy (non-hydrogen) atoms. The zero-order valence-corrected chi connectivity index (χ0v) is 15.6. The molecule has 0 bridgehead atoms. The SMILES string of the molecule is Cc1[nH]c2ccc(C(=O)NCCc3nc4c(s3)CCCC4)cc2c1C. The zero-order chi connectivity index (χ0) is 17.4. The first-order valence-electron chi connectivity index (χ1n) is 8.96. The molecule has 2 heterocycles. The van der Waals surface area contributed by atoms with E-state index >= 15 is 0 Å². The van der Waals surface area contributed by atoms with Crippen LogP contribution < -0.4 is 5.32 Å². The second-order valence-corrected chi connectivity index (χ2v) is 7.99. The smallest absolute Gasteiger partial charge is 0.251 e. The lowest BCUT2D eigenvalue weighted by molar-refractivity contribution is 0.0954. The predicted octanol–water partition coefficient (Wildman–Crippen LogP) is 4.09. The number of fused-ring (bicyclic) bond motifs is 2. The van der Waals surface area contributed by atoms with Gasteiger partial charge in [0.25, 0.3) is 5.91 Å². The van der Waals surface area contributed by atoms with Crippen molar-refractivity contribution in [2.75, 3.05) is 6.54 Å². The molecule has 1 aromatic carbocycles. The van der Waals surface area contributed by atoms with E-state index in [0.717, 1.165) is 34.4 Å². The molecule has 5 heteroatoms. The topological polar surface area (TPSA) is 57.8 Å². The maximum absolute atomic E-state index is 12.5. The molecule has 0 unspecified atom stereocenters. The molecule has 4 rings (SSSR count). The van der Waals surface area contributed by atoms with Crippen molar-refractivity contribution in [1.82, 2.24) is 15.3 Å². The van der Waals surface area contributed by atoms with Crippen LogP contribution in [-0.4, -0.2) is 22.4 Å². The van der Waals surface area contributed by atoms with E-state index < -0.39 is 0 Å². The number of hydrogen-bond acceptors (Lipinski definition) is 3. The van der Waals surface area contributed by atoms with Crippen LogP contribution >= 0.6 is 11.3 Å². The van der Waals surface area contributed by atoms with Gasteiger partial charge in [0.15, 0.2) is 0 Å². The van der Waals surface area contributed by atoms with Crippen molar-refractivity contribution in [3.63, 3.8) is 0 Å². The molecule has 0 saturated carbocycles. The highest BCUT2D eigenvalue weighted by atomic mass is 32.1. The van der Waals surface area contributed by atoms with Crippen molar-refractivity contribution in [2.45, 2.75) is 46.0 Å². The predicted molar refractivity (Wildman–Crippen MR) is 103 cm³/mol. The Morgan fingerprint density at radius 1 is 1.28 bits per heavy atom. The van der Waals surface area contributed by atoms with E-state index in [-0.39, 0.29) is 5.91 Å². The van der Waals surface area contributed by atoms with Crippen molar-refractivity contribution in [2.24, 2.45) is 0 Å². The first-order chi connectivity index (χ1) is 12.1. The van der Waals surface area contributed by atoms with Crippen LogP contribution in [0.25, 0.3) is 10.9 Å². The number of carbonyl (C=O) groups is 1. The van der Waals surface area contributed by atoms with E-state index in [9.17, 15) is 4.79 Å². The van der Waals surface area contributed by atoms with Gasteiger partial charge in [0.2, 0.25) is 0 Å². The number of thiazole rings is 1. The van der Waals surface area contributed by atoms with Gasteiger partial charge >= 0.3 is 0 Å². The minimum atomic E-state index is -0.0125. The number of aryl methyl sites for hydroxylation is 4. The molecule has 4 nitrogen and oxygen atoms in total. The summed E-state index contributed by atoms with van der Waals surface area (Å²) in [5, 5.41) is 5.31. The van der Waals surface area contributed by atoms with E-state index in [1.807, 2.05) is 29.5 Å². The Morgan fingerprint density at radius 3 is 2.96 bits per heavy atom. The summed E-state index contributed by atoms with van der Waals surface area (Å²) in [7, 11) is 0. The Kier molecular flexibility index (Phi) is 4.34. The Hall–Kier alpha value is -2.14. The molecule has 1 aliphatic carbocycles. The van der Waals surface area contributed by atoms with Crippen LogP contribution in [0.4, 0.5) is 0 Å². The van der Waals surface area contributed by atoms with Gasteiger partial charge in [-0.05, 0) is 63.3 Å². The van der Waals surface area contributed by atoms with E-state index in [2.05, 4.69) is 24.1 Å². The molecule has 3 aromatic rings. The number of rotatable bonds is 4. The number of nitrogens with one attached hydrogen (secondary N) is 2. The van der Waals surface area contributed by atoms with Crippen LogP contribution in [0.2, 0.25) is 0 Å². The summed E-state index contributed by atoms with van der Waals surface area (Å²) in [6.07, 6.45) is 5.65. The fourth-order valence-corrected chi connectivity index (χ4v) is 4.66. The van der Waals surface area contributed by atoms with Gasteiger partial charge in [0, 0.05) is 40.0 Å². The van der Waals surface area contributed by atoms with Crippen LogP contribution in [0, 0.1) is 13.8 Å². The fraction of sp³-hybridized carbons (Fsp3) is 0.400. The highest BCUT2D eigenvalue weighted by Gasteiger charge is 2.15. The Balaban J connectivity index is 1.40. The van der Waals surface area contributed by atoms with Gasteiger partial charge in [-0.15, -0.1) is 11.3 Å². The summed E-state index contributed by atoms with van der Waals surface area (Å²) in [5.74, 6) is -0.0125. The number of nitrogens with zero attached hydrogens (tertiary/aromatic N) is 1. The zero-order valence-electron chi connectivity index (χ0n) is 14.7. The van der Waals surface area contributed by atoms with Gasteiger partial charge in [-0.25, -0.2) is 4.98 Å². The van der Waals surface area contributed by atoms with Crippen LogP contribution in [0.15, 0.2) is 18.2 Å². The van der Waals surface area contributed by atoms with Gasteiger partial charge < -0.3 is 10.3 Å². The summed E-state index contributed by atoms with van der Waals surface area (Å²) in [6, 6.07) is 5.85. The van der Waals surface area contributed by atoms with E-state index in [1.165, 1.54) is 35.4 Å². The molecule has 2 aromatic heterocycles. The summed E-state index contributed by atoms with van der Waals surface area (Å²) < 4.78 is 0. The summed E-state index contributed by atoms with van der Waals surface area (Å²) in [5.41, 5.74) is 5.45. The first kappa shape index (κ1) is 16.3. The molecular weight excluding hydrogens is 330 g/mol. The third-order valence-corrected chi connectivity index (χ3v) is 6.30. The Morgan fingerprint density at radius 2 is 2.12 bits per heavy atom. The van der Waals surface area contributed by atoms with E-state index in [0.29, 0.717) is 12.1 Å². The van der Waals surface area contributed by atoms with Crippen LogP contribution in [0.5, 0.6) is 0 Å². The van der Waals surface area contributed by atoms with Crippen molar-refractivity contribution >= 4 is 28.1 Å². The van der Waals surface area contributed by atoms with Crippen molar-refractivity contribution in [3.05, 3.63) is 50.6 Å². The minimum Gasteiger partial charge on any atom is -0.358 e. The van der Waals surface area contributed by atoms with Crippen molar-refractivity contribution in [3.8, 4) is 0 Å². The summed E-state index contributed by atoms with van der Waals surface area (Å²) in [6.45, 7) is 4.78. The van der Waals surface area contributed by atoms with Gasteiger partial charge in [-0.1, -0.05) is 0 Å². The van der Waals surface area contributed by atoms with Gasteiger partial charge in [0.1, 0.15) is 0 Å². The molecule has 1 amide bonds. The number of amides is 1. The van der Waals surface area contributed by atoms with Gasteiger partial charge in [-0.3, -0.25) is 4.79 Å². The highest BCUT2D eigenvalue weighted by molar-refractivity contribution is 7.11. The number of hydrogen-bond donors (Lipinski definition) is 2. The van der Waals surface area contributed by atoms with Gasteiger partial charge in [-0.2, -0.15) is 0 Å². The third kappa shape index (κ3) is 3.21. The molecule has 130 valence electrons. The normalized spacial score (nSPS) is 13.8. The van der Waals surface area contributed by atoms with Crippen LogP contribution in [0.1, 0.15) is 50.0 Å². The lowest BCUT2D eigenvalue weighted by Crippen LogP contribution is -2.25.